The summed E-state index contributed by atoms with van der Waals surface area (Å²) in [6, 6.07) is 97.5. The monoisotopic (exact) mass is 864 g/mol. The van der Waals surface area contributed by atoms with Gasteiger partial charge in [0.1, 0.15) is 0 Å². The molecule has 0 amide bonds. The SMILES string of the molecule is c1ccc(-n2c3ccccc3c3c(-c4cccc(-c5cccc(N(c6ccc(-c7ccc8c(ccc9ccccc98)c7)cc6)c6ccc(-c7cccc8ccccc78)cc6)c5)c4)cccc32)cc1. The summed E-state index contributed by atoms with van der Waals surface area (Å²) in [7, 11) is 0. The Labute approximate surface area is 395 Å². The Hall–Kier alpha value is -8.98. The molecule has 68 heavy (non-hydrogen) atoms. The second-order valence-electron chi connectivity index (χ2n) is 17.7. The van der Waals surface area contributed by atoms with Crippen LogP contribution in [0, 0.1) is 0 Å². The molecule has 0 fully saturated rings. The van der Waals surface area contributed by atoms with Gasteiger partial charge in [-0.15, -0.1) is 0 Å². The van der Waals surface area contributed by atoms with Crippen LogP contribution in [-0.2, 0) is 0 Å². The second kappa shape index (κ2) is 16.5. The van der Waals surface area contributed by atoms with Crippen molar-refractivity contribution in [1.29, 1.82) is 0 Å². The van der Waals surface area contributed by atoms with Crippen LogP contribution in [0.4, 0.5) is 17.1 Å². The van der Waals surface area contributed by atoms with Gasteiger partial charge in [-0.05, 0) is 150 Å². The van der Waals surface area contributed by atoms with Gasteiger partial charge in [-0.3, -0.25) is 0 Å². The minimum absolute atomic E-state index is 1.09. The minimum atomic E-state index is 1.09. The molecule has 0 aliphatic rings. The van der Waals surface area contributed by atoms with Crippen LogP contribution < -0.4 is 4.90 Å². The smallest absolute Gasteiger partial charge is 0.0547 e. The predicted molar refractivity (Wildman–Crippen MR) is 290 cm³/mol. The average Bonchev–Trinajstić information content (AvgIpc) is 3.76. The maximum atomic E-state index is 2.39. The topological polar surface area (TPSA) is 8.17 Å². The van der Waals surface area contributed by atoms with Crippen molar-refractivity contribution in [1.82, 2.24) is 4.57 Å². The Morgan fingerprint density at radius 2 is 0.779 bits per heavy atom. The lowest BCUT2D eigenvalue weighted by Gasteiger charge is -2.26. The quantitative estimate of drug-likeness (QED) is 0.138. The van der Waals surface area contributed by atoms with E-state index < -0.39 is 0 Å². The minimum Gasteiger partial charge on any atom is -0.310 e. The van der Waals surface area contributed by atoms with Gasteiger partial charge in [0.15, 0.2) is 0 Å². The highest BCUT2D eigenvalue weighted by molar-refractivity contribution is 6.16. The number of hydrogen-bond acceptors (Lipinski definition) is 1. The van der Waals surface area contributed by atoms with Crippen LogP contribution in [0.25, 0.3) is 104 Å². The largest absolute Gasteiger partial charge is 0.310 e. The van der Waals surface area contributed by atoms with Gasteiger partial charge in [0.2, 0.25) is 0 Å². The van der Waals surface area contributed by atoms with Crippen molar-refractivity contribution in [2.75, 3.05) is 4.90 Å². The number of hydrogen-bond donors (Lipinski definition) is 0. The van der Waals surface area contributed by atoms with E-state index in [2.05, 4.69) is 276 Å². The molecule has 0 unspecified atom stereocenters. The standard InChI is InChI=1S/C66H44N2/c1-2-20-54(21-3-1)68-64-28-9-8-25-63(64)66-62(27-13-29-65(66)68)52-19-10-17-49(42-52)50-18-11-22-57(44-50)67(56-39-34-48(35-40-56)60-26-12-16-46-14-4-6-23-58(46)60)55-37-32-45(33-38-55)51-36-41-61-53(43-51)31-30-47-15-5-7-24-59(47)61/h1-44H. The van der Waals surface area contributed by atoms with E-state index >= 15 is 0 Å². The summed E-state index contributed by atoms with van der Waals surface area (Å²) in [5.41, 5.74) is 16.4. The highest BCUT2D eigenvalue weighted by Gasteiger charge is 2.18. The van der Waals surface area contributed by atoms with Crippen LogP contribution >= 0.6 is 0 Å². The number of benzene rings is 12. The Morgan fingerprint density at radius 3 is 1.59 bits per heavy atom. The molecule has 0 N–H and O–H groups in total. The molecule has 0 saturated carbocycles. The maximum absolute atomic E-state index is 2.39. The molecule has 12 aromatic carbocycles. The van der Waals surface area contributed by atoms with Crippen molar-refractivity contribution in [2.45, 2.75) is 0 Å². The first-order valence-electron chi connectivity index (χ1n) is 23.4. The number of nitrogens with zero attached hydrogens (tertiary/aromatic N) is 2. The molecule has 13 aromatic rings. The van der Waals surface area contributed by atoms with Crippen LogP contribution in [0.15, 0.2) is 267 Å². The fourth-order valence-electron chi connectivity index (χ4n) is 10.5. The summed E-state index contributed by atoms with van der Waals surface area (Å²) < 4.78 is 2.39. The van der Waals surface area contributed by atoms with E-state index in [0.717, 1.165) is 28.3 Å². The summed E-state index contributed by atoms with van der Waals surface area (Å²) in [6.07, 6.45) is 0. The zero-order chi connectivity index (χ0) is 45.0. The second-order valence-corrected chi connectivity index (χ2v) is 17.7. The van der Waals surface area contributed by atoms with Gasteiger partial charge in [0.25, 0.3) is 0 Å². The molecule has 0 atom stereocenters. The lowest BCUT2D eigenvalue weighted by molar-refractivity contribution is 1.18. The highest BCUT2D eigenvalue weighted by atomic mass is 15.1. The van der Waals surface area contributed by atoms with Gasteiger partial charge in [-0.25, -0.2) is 0 Å². The lowest BCUT2D eigenvalue weighted by Crippen LogP contribution is -2.10. The Balaban J connectivity index is 0.902. The van der Waals surface area contributed by atoms with Crippen molar-refractivity contribution in [3.63, 3.8) is 0 Å². The molecule has 0 aliphatic carbocycles. The third-order valence-corrected chi connectivity index (χ3v) is 13.8. The summed E-state index contributed by atoms with van der Waals surface area (Å²) in [5.74, 6) is 0. The van der Waals surface area contributed by atoms with Crippen molar-refractivity contribution in [2.24, 2.45) is 0 Å². The number of para-hydroxylation sites is 2. The van der Waals surface area contributed by atoms with Crippen LogP contribution in [0.1, 0.15) is 0 Å². The molecular weight excluding hydrogens is 821 g/mol. The zero-order valence-electron chi connectivity index (χ0n) is 37.3. The molecule has 0 aliphatic heterocycles. The third-order valence-electron chi connectivity index (χ3n) is 13.8. The predicted octanol–water partition coefficient (Wildman–Crippen LogP) is 18.4. The fourth-order valence-corrected chi connectivity index (χ4v) is 10.5. The van der Waals surface area contributed by atoms with E-state index in [1.807, 2.05) is 0 Å². The van der Waals surface area contributed by atoms with Gasteiger partial charge in [0.05, 0.1) is 11.0 Å². The van der Waals surface area contributed by atoms with Gasteiger partial charge >= 0.3 is 0 Å². The van der Waals surface area contributed by atoms with E-state index in [1.165, 1.54) is 93.1 Å². The van der Waals surface area contributed by atoms with E-state index in [9.17, 15) is 0 Å². The Morgan fingerprint density at radius 1 is 0.250 bits per heavy atom. The van der Waals surface area contributed by atoms with E-state index in [4.69, 9.17) is 0 Å². The molecular formula is C66H44N2. The first kappa shape index (κ1) is 39.4. The average molecular weight is 865 g/mol. The first-order chi connectivity index (χ1) is 33.7. The van der Waals surface area contributed by atoms with Crippen LogP contribution in [0.5, 0.6) is 0 Å². The molecule has 2 nitrogen and oxygen atoms in total. The summed E-state index contributed by atoms with van der Waals surface area (Å²) in [6.45, 7) is 0. The molecule has 0 spiro atoms. The first-order valence-corrected chi connectivity index (χ1v) is 23.4. The summed E-state index contributed by atoms with van der Waals surface area (Å²) >= 11 is 0. The molecule has 0 saturated heterocycles. The number of aromatic nitrogens is 1. The third kappa shape index (κ3) is 6.82. The van der Waals surface area contributed by atoms with Crippen molar-refractivity contribution < 1.29 is 0 Å². The normalized spacial score (nSPS) is 11.5. The van der Waals surface area contributed by atoms with Gasteiger partial charge < -0.3 is 9.47 Å². The molecule has 0 radical (unpaired) electrons. The Bertz CT molecular complexity index is 4010. The van der Waals surface area contributed by atoms with Crippen LogP contribution in [-0.4, -0.2) is 4.57 Å². The molecule has 1 heterocycles. The van der Waals surface area contributed by atoms with Crippen LogP contribution in [0.2, 0.25) is 0 Å². The van der Waals surface area contributed by atoms with E-state index in [1.54, 1.807) is 0 Å². The van der Waals surface area contributed by atoms with Crippen LogP contribution in [0.3, 0.4) is 0 Å². The van der Waals surface area contributed by atoms with Crippen molar-refractivity contribution in [3.8, 4) is 50.2 Å². The number of fused-ring (bicyclic) bond motifs is 7. The van der Waals surface area contributed by atoms with E-state index in [0.29, 0.717) is 0 Å². The lowest BCUT2D eigenvalue weighted by atomic mass is 9.95. The highest BCUT2D eigenvalue weighted by Crippen LogP contribution is 2.42. The molecule has 2 heteroatoms. The van der Waals surface area contributed by atoms with Gasteiger partial charge in [0, 0.05) is 33.5 Å². The zero-order valence-corrected chi connectivity index (χ0v) is 37.3. The molecule has 318 valence electrons. The maximum Gasteiger partial charge on any atom is 0.0547 e. The Kier molecular flexibility index (Phi) is 9.54. The molecule has 0 bridgehead atoms. The fraction of sp³-hybridized carbons (Fsp3) is 0. The van der Waals surface area contributed by atoms with Gasteiger partial charge in [-0.2, -0.15) is 0 Å². The summed E-state index contributed by atoms with van der Waals surface area (Å²) in [5, 5.41) is 10.1. The van der Waals surface area contributed by atoms with E-state index in [-0.39, 0.29) is 0 Å². The van der Waals surface area contributed by atoms with Crippen molar-refractivity contribution >= 4 is 71.2 Å². The summed E-state index contributed by atoms with van der Waals surface area (Å²) in [4.78, 5) is 2.38. The molecule has 1 aromatic heterocycles. The van der Waals surface area contributed by atoms with Gasteiger partial charge in [-0.1, -0.05) is 194 Å². The molecule has 13 rings (SSSR count). The number of rotatable bonds is 8. The number of anilines is 3. The van der Waals surface area contributed by atoms with Crippen molar-refractivity contribution in [3.05, 3.63) is 267 Å².